The first-order valence-corrected chi connectivity index (χ1v) is 10.3. The highest BCUT2D eigenvalue weighted by molar-refractivity contribution is 5.95. The number of pyridine rings is 1. The van der Waals surface area contributed by atoms with E-state index in [4.69, 9.17) is 25.5 Å². The highest BCUT2D eigenvalue weighted by atomic mass is 19.1. The van der Waals surface area contributed by atoms with Crippen molar-refractivity contribution in [2.45, 2.75) is 18.8 Å². The number of piperidine rings is 1. The van der Waals surface area contributed by atoms with Gasteiger partial charge < -0.3 is 15.0 Å². The van der Waals surface area contributed by atoms with E-state index in [9.17, 15) is 4.39 Å². The summed E-state index contributed by atoms with van der Waals surface area (Å²) in [7, 11) is 2.09. The normalized spacial score (nSPS) is 16.4. The average Bonchev–Trinajstić information content (AvgIpc) is 2.79. The third-order valence-electron chi connectivity index (χ3n) is 5.30. The Morgan fingerprint density at radius 2 is 2.12 bits per heavy atom. The molecule has 1 aliphatic rings. The number of aromatic nitrogens is 3. The van der Waals surface area contributed by atoms with Crippen LogP contribution in [0.5, 0.6) is 0 Å². The molecule has 3 N–H and O–H groups in total. The van der Waals surface area contributed by atoms with Crippen LogP contribution in [0, 0.1) is 16.6 Å². The maximum Gasteiger partial charge on any atom is 0.222 e. The van der Waals surface area contributed by atoms with Crippen molar-refractivity contribution >= 4 is 23.8 Å². The third-order valence-corrected chi connectivity index (χ3v) is 5.30. The standard InChI is InChI=1S/C23H24FN7O/c1-31-7-3-4-15(13-31)23-29-20(16-8-17(12-27-11-16)22(26)32-14-25)10-21(30-23)28-19-6-2-5-18(24)9-19/h2,5-6,8-12,14-15,25-26H,3-4,7,13H2,1H3,(H,28,29,30). The van der Waals surface area contributed by atoms with Crippen molar-refractivity contribution < 1.29 is 9.13 Å². The third kappa shape index (κ3) is 5.12. The lowest BCUT2D eigenvalue weighted by Gasteiger charge is -2.29. The Bertz CT molecular complexity index is 1140. The number of likely N-dealkylation sites (N-methyl/N-ethyl adjacent to an activating group) is 1. The van der Waals surface area contributed by atoms with Gasteiger partial charge in [-0.2, -0.15) is 0 Å². The first-order chi connectivity index (χ1) is 15.5. The molecule has 3 heterocycles. The van der Waals surface area contributed by atoms with E-state index in [0.717, 1.165) is 25.9 Å². The minimum absolute atomic E-state index is 0.171. The van der Waals surface area contributed by atoms with Gasteiger partial charge in [-0.15, -0.1) is 0 Å². The quantitative estimate of drug-likeness (QED) is 0.397. The molecule has 1 unspecified atom stereocenters. The first kappa shape index (κ1) is 21.5. The summed E-state index contributed by atoms with van der Waals surface area (Å²) in [6.07, 6.45) is 5.92. The minimum atomic E-state index is -0.333. The molecule has 3 aromatic rings. The molecule has 0 amide bonds. The maximum absolute atomic E-state index is 13.7. The summed E-state index contributed by atoms with van der Waals surface area (Å²) in [4.78, 5) is 16.0. The van der Waals surface area contributed by atoms with Crippen molar-refractivity contribution in [2.24, 2.45) is 0 Å². The second-order valence-electron chi connectivity index (χ2n) is 7.76. The van der Waals surface area contributed by atoms with Crippen LogP contribution in [0.4, 0.5) is 15.9 Å². The van der Waals surface area contributed by atoms with Gasteiger partial charge in [0.1, 0.15) is 17.5 Å². The number of hydrogen-bond donors (Lipinski definition) is 3. The Hall–Kier alpha value is -3.72. The van der Waals surface area contributed by atoms with Crippen LogP contribution in [0.25, 0.3) is 11.3 Å². The molecule has 8 nitrogen and oxygen atoms in total. The van der Waals surface area contributed by atoms with E-state index in [2.05, 4.69) is 22.2 Å². The van der Waals surface area contributed by atoms with Gasteiger partial charge in [0.05, 0.1) is 11.3 Å². The number of hydrogen-bond acceptors (Lipinski definition) is 8. The molecule has 32 heavy (non-hydrogen) atoms. The lowest BCUT2D eigenvalue weighted by atomic mass is 9.97. The van der Waals surface area contributed by atoms with Crippen LogP contribution >= 0.6 is 0 Å². The van der Waals surface area contributed by atoms with Crippen molar-refractivity contribution in [3.05, 3.63) is 66.0 Å². The van der Waals surface area contributed by atoms with Gasteiger partial charge in [-0.25, -0.2) is 14.4 Å². The van der Waals surface area contributed by atoms with Crippen molar-refractivity contribution in [1.82, 2.24) is 19.9 Å². The molecule has 1 atom stereocenters. The van der Waals surface area contributed by atoms with E-state index in [1.807, 2.05) is 0 Å². The van der Waals surface area contributed by atoms with Crippen LogP contribution in [-0.4, -0.2) is 52.3 Å². The Kier molecular flexibility index (Phi) is 6.46. The molecule has 0 spiro atoms. The zero-order chi connectivity index (χ0) is 22.5. The molecule has 0 aliphatic carbocycles. The number of ether oxygens (including phenoxy) is 1. The summed E-state index contributed by atoms with van der Waals surface area (Å²) in [5.41, 5.74) is 2.35. The van der Waals surface area contributed by atoms with E-state index in [0.29, 0.717) is 40.6 Å². The number of anilines is 2. The Morgan fingerprint density at radius 1 is 1.25 bits per heavy atom. The second-order valence-corrected chi connectivity index (χ2v) is 7.76. The van der Waals surface area contributed by atoms with E-state index < -0.39 is 0 Å². The fraction of sp³-hybridized carbons (Fsp3) is 0.261. The summed E-state index contributed by atoms with van der Waals surface area (Å²) in [5, 5.41) is 18.1. The first-order valence-electron chi connectivity index (χ1n) is 10.3. The number of nitrogens with one attached hydrogen (secondary N) is 3. The van der Waals surface area contributed by atoms with Crippen molar-refractivity contribution in [2.75, 3.05) is 25.5 Å². The zero-order valence-corrected chi connectivity index (χ0v) is 17.7. The van der Waals surface area contributed by atoms with E-state index in [1.54, 1.807) is 30.5 Å². The van der Waals surface area contributed by atoms with Crippen molar-refractivity contribution in [3.8, 4) is 11.3 Å². The fourth-order valence-electron chi connectivity index (χ4n) is 3.78. The van der Waals surface area contributed by atoms with Crippen LogP contribution in [0.2, 0.25) is 0 Å². The zero-order valence-electron chi connectivity index (χ0n) is 17.7. The minimum Gasteiger partial charge on any atom is -0.428 e. The molecule has 4 rings (SSSR count). The molecule has 9 heteroatoms. The summed E-state index contributed by atoms with van der Waals surface area (Å²) in [6, 6.07) is 9.74. The maximum atomic E-state index is 13.7. The highest BCUT2D eigenvalue weighted by Gasteiger charge is 2.23. The van der Waals surface area contributed by atoms with Gasteiger partial charge in [0.25, 0.3) is 0 Å². The molecule has 1 fully saturated rings. The average molecular weight is 433 g/mol. The molecular formula is C23H24FN7O. The lowest BCUT2D eigenvalue weighted by molar-refractivity contribution is 0.246. The number of likely N-dealkylation sites (tertiary alicyclic amines) is 1. The number of halogens is 1. The van der Waals surface area contributed by atoms with Gasteiger partial charge in [-0.1, -0.05) is 6.07 Å². The number of rotatable bonds is 6. The largest absolute Gasteiger partial charge is 0.428 e. The number of nitrogens with zero attached hydrogens (tertiary/aromatic N) is 4. The van der Waals surface area contributed by atoms with Crippen LogP contribution in [0.3, 0.4) is 0 Å². The smallest absolute Gasteiger partial charge is 0.222 e. The second kappa shape index (κ2) is 9.61. The topological polar surface area (TPSA) is 111 Å². The van der Waals surface area contributed by atoms with Gasteiger partial charge in [0, 0.05) is 42.2 Å². The van der Waals surface area contributed by atoms with Gasteiger partial charge in [-0.3, -0.25) is 15.8 Å². The van der Waals surface area contributed by atoms with Gasteiger partial charge in [0.2, 0.25) is 5.90 Å². The molecule has 1 aliphatic heterocycles. The highest BCUT2D eigenvalue weighted by Crippen LogP contribution is 2.29. The molecule has 2 aromatic heterocycles. The SMILES string of the molecule is CN1CCCC(c2nc(Nc3cccc(F)c3)cc(-c3cncc(C(=N)OC=N)c3)n2)C1. The van der Waals surface area contributed by atoms with E-state index in [-0.39, 0.29) is 17.6 Å². The van der Waals surface area contributed by atoms with Crippen LogP contribution in [0.1, 0.15) is 30.1 Å². The van der Waals surface area contributed by atoms with Crippen LogP contribution in [0.15, 0.2) is 48.8 Å². The van der Waals surface area contributed by atoms with E-state index in [1.165, 1.54) is 18.3 Å². The predicted octanol–water partition coefficient (Wildman–Crippen LogP) is 4.18. The van der Waals surface area contributed by atoms with E-state index >= 15 is 0 Å². The summed E-state index contributed by atoms with van der Waals surface area (Å²) in [6.45, 7) is 1.91. The molecule has 0 saturated carbocycles. The molecule has 0 radical (unpaired) electrons. The van der Waals surface area contributed by atoms with Crippen molar-refractivity contribution in [3.63, 3.8) is 0 Å². The lowest BCUT2D eigenvalue weighted by Crippen LogP contribution is -2.31. The van der Waals surface area contributed by atoms with Crippen LogP contribution < -0.4 is 5.32 Å². The number of benzene rings is 1. The summed E-state index contributed by atoms with van der Waals surface area (Å²) >= 11 is 0. The van der Waals surface area contributed by atoms with Gasteiger partial charge in [-0.05, 0) is 50.7 Å². The molecule has 1 saturated heterocycles. The predicted molar refractivity (Wildman–Crippen MR) is 121 cm³/mol. The Balaban J connectivity index is 1.74. The summed E-state index contributed by atoms with van der Waals surface area (Å²) < 4.78 is 18.5. The molecular weight excluding hydrogens is 409 g/mol. The monoisotopic (exact) mass is 433 g/mol. The molecule has 164 valence electrons. The molecule has 1 aromatic carbocycles. The summed E-state index contributed by atoms with van der Waals surface area (Å²) in [5.74, 6) is 0.942. The molecule has 0 bridgehead atoms. The Labute approximate surface area is 185 Å². The van der Waals surface area contributed by atoms with Gasteiger partial charge >= 0.3 is 0 Å². The fourth-order valence-corrected chi connectivity index (χ4v) is 3.78. The Morgan fingerprint density at radius 3 is 2.91 bits per heavy atom. The van der Waals surface area contributed by atoms with Crippen molar-refractivity contribution in [1.29, 1.82) is 10.8 Å². The van der Waals surface area contributed by atoms with Gasteiger partial charge in [0.15, 0.2) is 6.40 Å². The van der Waals surface area contributed by atoms with Crippen LogP contribution in [-0.2, 0) is 4.74 Å².